The Morgan fingerprint density at radius 1 is 0.464 bits per heavy atom. The van der Waals surface area contributed by atoms with E-state index in [0.29, 0.717) is 17.2 Å². The number of carbonyl (C=O) groups excluding carboxylic acids is 1. The third-order valence-electron chi connectivity index (χ3n) is 24.9. The summed E-state index contributed by atoms with van der Waals surface area (Å²) in [5.74, 6) is 0.489. The van der Waals surface area contributed by atoms with Crippen molar-refractivity contribution >= 4 is 27.9 Å². The quantitative estimate of drug-likeness (QED) is 0.0220. The van der Waals surface area contributed by atoms with Crippen LogP contribution in [0.2, 0.25) is 0 Å². The van der Waals surface area contributed by atoms with Crippen molar-refractivity contribution in [2.45, 2.75) is 258 Å². The number of aromatic nitrogens is 2. The fraction of sp³-hybridized carbons (Fsp3) is 0.383. The van der Waals surface area contributed by atoms with Crippen LogP contribution in [0.15, 0.2) is 242 Å². The van der Waals surface area contributed by atoms with Crippen molar-refractivity contribution < 1.29 is 24.9 Å². The summed E-state index contributed by atoms with van der Waals surface area (Å²) < 4.78 is 0. The van der Waals surface area contributed by atoms with Crippen LogP contribution in [-0.2, 0) is 30.9 Å². The number of carbonyl (C=O) groups is 1. The Morgan fingerprint density at radius 3 is 1.39 bits per heavy atom. The normalized spacial score (nSPS) is 14.1. The monoisotopic (exact) mass is 1660 g/mol. The molecule has 0 aliphatic heterocycles. The molecule has 1 radical (unpaired) electrons. The molecule has 0 spiro atoms. The molecule has 5 heteroatoms. The first kappa shape index (κ1) is 82.7. The Balaban J connectivity index is 0.000000602. The first-order valence-electron chi connectivity index (χ1n) is 43.4. The van der Waals surface area contributed by atoms with E-state index in [2.05, 4.69) is 246 Å². The molecule has 0 N–H and O–H groups in total. The number of hydrogen-bond donors (Lipinski definition) is 0. The van der Waals surface area contributed by atoms with Gasteiger partial charge in [-0.1, -0.05) is 346 Å². The Kier molecular flexibility index (Phi) is 29.8. The minimum Gasteiger partial charge on any atom is -0.661 e. The maximum atomic E-state index is 14.9. The molecule has 1 atom stereocenters. The van der Waals surface area contributed by atoms with Crippen LogP contribution in [-0.4, -0.2) is 16.8 Å². The second-order valence-corrected chi connectivity index (χ2v) is 33.1. The van der Waals surface area contributed by atoms with Crippen LogP contribution >= 0.6 is 0 Å². The van der Waals surface area contributed by atoms with Crippen molar-refractivity contribution in [3.8, 4) is 66.9 Å². The van der Waals surface area contributed by atoms with Gasteiger partial charge in [-0.2, -0.15) is 6.20 Å². The second kappa shape index (κ2) is 40.3. The van der Waals surface area contributed by atoms with Crippen LogP contribution in [0, 0.1) is 25.8 Å². The summed E-state index contributed by atoms with van der Waals surface area (Å²) in [5.41, 5.74) is 28.2. The van der Waals surface area contributed by atoms with Crippen molar-refractivity contribution in [1.82, 2.24) is 9.97 Å². The number of allylic oxidation sites excluding steroid dienone is 2. The summed E-state index contributed by atoms with van der Waals surface area (Å²) in [4.78, 5) is 26.5. The zero-order chi connectivity index (χ0) is 76.9. The van der Waals surface area contributed by atoms with Crippen LogP contribution in [0.5, 0.6) is 0 Å². The van der Waals surface area contributed by atoms with Crippen LogP contribution in [0.1, 0.15) is 277 Å². The van der Waals surface area contributed by atoms with E-state index in [1.54, 1.807) is 11.8 Å². The number of hydrogen-bond acceptors (Lipinski definition) is 3. The van der Waals surface area contributed by atoms with E-state index in [9.17, 15) is 4.79 Å². The Labute approximate surface area is 687 Å². The summed E-state index contributed by atoms with van der Waals surface area (Å²) in [6, 6.07) is 80.5. The van der Waals surface area contributed by atoms with E-state index >= 15 is 0 Å². The van der Waals surface area contributed by atoms with Gasteiger partial charge in [0.25, 0.3) is 0 Å². The first-order chi connectivity index (χ1) is 54.4. The number of anilines is 2. The molecule has 11 aromatic rings. The number of nitrogens with zero attached hydrogens (tertiary/aromatic N) is 3. The van der Waals surface area contributed by atoms with Gasteiger partial charge in [-0.05, 0) is 219 Å². The Bertz CT molecular complexity index is 4860. The third-order valence-corrected chi connectivity index (χ3v) is 24.9. The van der Waals surface area contributed by atoms with E-state index in [4.69, 9.17) is 0 Å². The van der Waals surface area contributed by atoms with Crippen molar-refractivity contribution in [3.63, 3.8) is 0 Å². The van der Waals surface area contributed by atoms with Crippen LogP contribution in [0.25, 0.3) is 77.7 Å². The van der Waals surface area contributed by atoms with E-state index in [1.807, 2.05) is 60.8 Å². The average Bonchev–Trinajstić information content (AvgIpc) is 1.57. The van der Waals surface area contributed by atoms with Gasteiger partial charge in [-0.25, -0.2) is 0 Å². The number of benzene rings is 9. The molecule has 0 amide bonds. The fourth-order valence-corrected chi connectivity index (χ4v) is 18.6. The minimum atomic E-state index is -0.164. The molecule has 3 aliphatic rings. The van der Waals surface area contributed by atoms with E-state index in [-0.39, 0.29) is 42.8 Å². The van der Waals surface area contributed by atoms with Gasteiger partial charge in [0.2, 0.25) is 0 Å². The van der Waals surface area contributed by atoms with Gasteiger partial charge in [0, 0.05) is 54.1 Å². The molecule has 583 valence electrons. The molecule has 9 aromatic carbocycles. The summed E-state index contributed by atoms with van der Waals surface area (Å²) in [5, 5.41) is 2.39. The number of unbranched alkanes of at least 4 members (excludes halogenated alkanes) is 20. The maximum Gasteiger partial charge on any atom is 0.171 e. The van der Waals surface area contributed by atoms with Gasteiger partial charge in [0.15, 0.2) is 5.78 Å². The molecule has 4 nitrogen and oxygen atoms in total. The zero-order valence-corrected chi connectivity index (χ0v) is 71.2. The summed E-state index contributed by atoms with van der Waals surface area (Å²) in [6.07, 6.45) is 47.1. The smallest absolute Gasteiger partial charge is 0.171 e. The molecule has 112 heavy (non-hydrogen) atoms. The van der Waals surface area contributed by atoms with Crippen molar-refractivity contribution in [3.05, 3.63) is 293 Å². The van der Waals surface area contributed by atoms with Crippen LogP contribution in [0.3, 0.4) is 0 Å². The van der Waals surface area contributed by atoms with Gasteiger partial charge in [0.1, 0.15) is 0 Å². The van der Waals surface area contributed by atoms with Gasteiger partial charge >= 0.3 is 0 Å². The molecule has 2 aromatic heterocycles. The summed E-state index contributed by atoms with van der Waals surface area (Å²) in [6.45, 7) is 18.4. The number of ketones is 1. The van der Waals surface area contributed by atoms with Gasteiger partial charge in [-0.15, -0.1) is 35.9 Å². The Hall–Kier alpha value is -8.73. The SMILES string of the molecule is CCCCCCCCC1(CCCCCCCC)c2cc(C)ccc2-c2ccc(-c3cc(C(=O)c4ccc[n-]4)cc(-c4ccc5c(c4)C(CCCCCCCC)(CCCCCCCC)c4cc(-c6ccc(N(c7ccc(C)cc7)C7C=CC(C(C)C)=CC7)cc6)ccc4-5)c3)cc21.[Ir].[c-]1ccccc1-c1nccc2ccccc12. The number of rotatable bonds is 38. The van der Waals surface area contributed by atoms with E-state index in [0.717, 1.165) is 41.6 Å². The molecule has 0 bridgehead atoms. The maximum absolute atomic E-state index is 14.9. The number of pyridine rings is 1. The average molecular weight is 1660 g/mol. The van der Waals surface area contributed by atoms with Crippen LogP contribution in [0.4, 0.5) is 11.4 Å². The molecule has 2 heterocycles. The molecule has 0 saturated heterocycles. The molecule has 0 fully saturated rings. The van der Waals surface area contributed by atoms with Crippen LogP contribution < -0.4 is 9.88 Å². The predicted octanol–water partition coefficient (Wildman–Crippen LogP) is 30.8. The molecular weight excluding hydrogens is 1540 g/mol. The second-order valence-electron chi connectivity index (χ2n) is 33.1. The fourth-order valence-electron chi connectivity index (χ4n) is 18.6. The largest absolute Gasteiger partial charge is 0.661 e. The molecule has 0 saturated carbocycles. The van der Waals surface area contributed by atoms with Gasteiger partial charge in [0.05, 0.1) is 6.04 Å². The van der Waals surface area contributed by atoms with Gasteiger partial charge < -0.3 is 14.9 Å². The third kappa shape index (κ3) is 19.4. The van der Waals surface area contributed by atoms with Gasteiger partial charge in [-0.3, -0.25) is 4.79 Å². The Morgan fingerprint density at radius 2 is 0.920 bits per heavy atom. The zero-order valence-electron chi connectivity index (χ0n) is 68.8. The number of aryl methyl sites for hydroxylation is 2. The van der Waals surface area contributed by atoms with E-state index in [1.165, 1.54) is 267 Å². The van der Waals surface area contributed by atoms with Crippen molar-refractivity contribution in [2.75, 3.05) is 4.90 Å². The first-order valence-corrected chi connectivity index (χ1v) is 43.4. The minimum absolute atomic E-state index is 0. The predicted molar refractivity (Wildman–Crippen MR) is 475 cm³/mol. The number of fused-ring (bicyclic) bond motifs is 7. The van der Waals surface area contributed by atoms with E-state index < -0.39 is 0 Å². The van der Waals surface area contributed by atoms with Crippen molar-refractivity contribution in [2.24, 2.45) is 5.92 Å². The molecule has 3 aliphatic carbocycles. The topological polar surface area (TPSA) is 47.3 Å². The molecule has 14 rings (SSSR count). The standard InChI is InChI=1S/C92H114N2O.C15H10N.Ir/c1-9-13-17-21-25-29-55-91(56-30-26-22-18-14-10-2)85-60-69(8)37-51-81(85)82-53-43-73(65-87(82)91)75-61-76(63-77(62-75)90(95)89-34-33-59-93-89)74-44-54-84-83-52-42-72(64-86(83)92(88(84)66-74,57-31-27-23-19-15-11-3)58-32-28-24-20-16-12-4)71-40-49-80(50-41-71)94(78-45-35-68(7)36-46-78)79-47-38-70(39-48-79)67(5)6;1-2-7-13(8-3-1)15-14-9-5-4-6-12(14)10-11-16-15;/h33-47,49-54,59-67,79H,9-32,48,55-58H2,1-8H3,(H,93,95);1-7,9-11H;/q;-1;/p-1. The van der Waals surface area contributed by atoms with Crippen molar-refractivity contribution in [1.29, 1.82) is 0 Å². The molecular formula is C107H123IrN3O-2. The molecule has 1 unspecified atom stereocenters. The summed E-state index contributed by atoms with van der Waals surface area (Å²) in [7, 11) is 0. The summed E-state index contributed by atoms with van der Waals surface area (Å²) >= 11 is 0.